The minimum Gasteiger partial charge on any atom is -0.495 e. The zero-order valence-electron chi connectivity index (χ0n) is 14.1. The summed E-state index contributed by atoms with van der Waals surface area (Å²) >= 11 is 0. The number of carbonyl (C=O) groups is 1. The molecular weight excluding hydrogens is 358 g/mol. The molecule has 26 heavy (non-hydrogen) atoms. The summed E-state index contributed by atoms with van der Waals surface area (Å²) in [6, 6.07) is 9.61. The van der Waals surface area contributed by atoms with Crippen molar-refractivity contribution in [2.24, 2.45) is 0 Å². The van der Waals surface area contributed by atoms with Crippen LogP contribution >= 0.6 is 0 Å². The van der Waals surface area contributed by atoms with Crippen molar-refractivity contribution in [2.45, 2.75) is 18.4 Å². The van der Waals surface area contributed by atoms with Crippen molar-refractivity contribution < 1.29 is 17.9 Å². The van der Waals surface area contributed by atoms with E-state index >= 15 is 0 Å². The number of aromatic nitrogens is 3. The molecule has 9 nitrogen and oxygen atoms in total. The van der Waals surface area contributed by atoms with Crippen molar-refractivity contribution in [1.29, 1.82) is 0 Å². The lowest BCUT2D eigenvalue weighted by Crippen LogP contribution is -2.24. The normalized spacial score (nSPS) is 11.5. The molecule has 0 saturated heterocycles. The molecule has 0 radical (unpaired) electrons. The second kappa shape index (κ2) is 7.10. The van der Waals surface area contributed by atoms with Crippen LogP contribution in [0.4, 0.5) is 5.69 Å². The lowest BCUT2D eigenvalue weighted by Gasteiger charge is -2.12. The number of hydrogen-bond donors (Lipinski definition) is 2. The molecule has 0 fully saturated rings. The Balaban J connectivity index is 1.84. The number of nitrogens with one attached hydrogen (secondary N) is 2. The number of nitrogens with zero attached hydrogens (tertiary/aromatic N) is 3. The fourth-order valence-corrected chi connectivity index (χ4v) is 3.40. The fraction of sp³-hybridized carbons (Fsp3) is 0.188. The SMILES string of the molecule is COc1ccc(S(=O)(=O)NCc2nnc3ccccn23)cc1NC(C)=O. The zero-order valence-corrected chi connectivity index (χ0v) is 14.9. The summed E-state index contributed by atoms with van der Waals surface area (Å²) in [6.45, 7) is 1.30. The third kappa shape index (κ3) is 3.65. The van der Waals surface area contributed by atoms with Gasteiger partial charge in [0.1, 0.15) is 5.75 Å². The van der Waals surface area contributed by atoms with Crippen LogP contribution in [0, 0.1) is 0 Å². The van der Waals surface area contributed by atoms with E-state index < -0.39 is 10.0 Å². The summed E-state index contributed by atoms with van der Waals surface area (Å²) < 4.78 is 34.5. The van der Waals surface area contributed by atoms with Crippen LogP contribution < -0.4 is 14.8 Å². The molecule has 2 N–H and O–H groups in total. The minimum atomic E-state index is -3.83. The summed E-state index contributed by atoms with van der Waals surface area (Å²) in [5, 5.41) is 10.5. The third-order valence-electron chi connectivity index (χ3n) is 3.60. The Labute approximate surface area is 150 Å². The Morgan fingerprint density at radius 1 is 1.23 bits per heavy atom. The van der Waals surface area contributed by atoms with Gasteiger partial charge in [-0.15, -0.1) is 10.2 Å². The summed E-state index contributed by atoms with van der Waals surface area (Å²) in [6.07, 6.45) is 1.75. The van der Waals surface area contributed by atoms with Gasteiger partial charge in [-0.05, 0) is 30.3 Å². The smallest absolute Gasteiger partial charge is 0.241 e. The molecule has 1 aromatic carbocycles. The van der Waals surface area contributed by atoms with E-state index in [1.807, 2.05) is 6.07 Å². The number of sulfonamides is 1. The topological polar surface area (TPSA) is 115 Å². The van der Waals surface area contributed by atoms with Crippen LogP contribution in [0.3, 0.4) is 0 Å². The van der Waals surface area contributed by atoms with Gasteiger partial charge in [-0.25, -0.2) is 13.1 Å². The van der Waals surface area contributed by atoms with Gasteiger partial charge in [-0.2, -0.15) is 0 Å². The molecule has 0 atom stereocenters. The van der Waals surface area contributed by atoms with Crippen LogP contribution in [-0.2, 0) is 21.4 Å². The van der Waals surface area contributed by atoms with Crippen LogP contribution in [0.1, 0.15) is 12.7 Å². The largest absolute Gasteiger partial charge is 0.495 e. The molecule has 10 heteroatoms. The second-order valence-corrected chi connectivity index (χ2v) is 7.18. The molecule has 0 spiro atoms. The monoisotopic (exact) mass is 375 g/mol. The quantitative estimate of drug-likeness (QED) is 0.668. The molecule has 0 saturated carbocycles. The Bertz CT molecular complexity index is 1060. The van der Waals surface area contributed by atoms with Crippen LogP contribution in [0.5, 0.6) is 5.75 Å². The van der Waals surface area contributed by atoms with E-state index in [1.165, 1.54) is 32.2 Å². The van der Waals surface area contributed by atoms with E-state index in [2.05, 4.69) is 20.2 Å². The Morgan fingerprint density at radius 3 is 2.77 bits per heavy atom. The van der Waals surface area contributed by atoms with Crippen molar-refractivity contribution in [3.8, 4) is 5.75 Å². The zero-order chi connectivity index (χ0) is 18.7. The van der Waals surface area contributed by atoms with E-state index in [0.29, 0.717) is 17.2 Å². The molecular formula is C16H17N5O4S. The number of hydrogen-bond acceptors (Lipinski definition) is 6. The number of anilines is 1. The van der Waals surface area contributed by atoms with Crippen molar-refractivity contribution in [3.05, 3.63) is 48.4 Å². The number of benzene rings is 1. The van der Waals surface area contributed by atoms with Gasteiger partial charge in [0.05, 0.1) is 24.2 Å². The lowest BCUT2D eigenvalue weighted by atomic mass is 10.3. The Kier molecular flexibility index (Phi) is 4.87. The number of methoxy groups -OCH3 is 1. The average molecular weight is 375 g/mol. The van der Waals surface area contributed by atoms with Gasteiger partial charge in [0.2, 0.25) is 15.9 Å². The molecule has 0 aliphatic carbocycles. The lowest BCUT2D eigenvalue weighted by molar-refractivity contribution is -0.114. The van der Waals surface area contributed by atoms with Crippen molar-refractivity contribution >= 4 is 27.3 Å². The van der Waals surface area contributed by atoms with Crippen LogP contribution in [-0.4, -0.2) is 36.0 Å². The highest BCUT2D eigenvalue weighted by Gasteiger charge is 2.18. The molecule has 3 aromatic rings. The van der Waals surface area contributed by atoms with E-state index in [-0.39, 0.29) is 23.0 Å². The summed E-state index contributed by atoms with van der Waals surface area (Å²) in [7, 11) is -2.39. The number of carbonyl (C=O) groups excluding carboxylic acids is 1. The molecule has 2 aromatic heterocycles. The summed E-state index contributed by atoms with van der Waals surface area (Å²) in [5.41, 5.74) is 0.898. The van der Waals surface area contributed by atoms with E-state index in [1.54, 1.807) is 22.7 Å². The highest BCUT2D eigenvalue weighted by atomic mass is 32.2. The van der Waals surface area contributed by atoms with Crippen molar-refractivity contribution in [3.63, 3.8) is 0 Å². The van der Waals surface area contributed by atoms with Crippen molar-refractivity contribution in [2.75, 3.05) is 12.4 Å². The number of fused-ring (bicyclic) bond motifs is 1. The molecule has 0 bridgehead atoms. The van der Waals surface area contributed by atoms with Gasteiger partial charge in [0, 0.05) is 13.1 Å². The maximum Gasteiger partial charge on any atom is 0.241 e. The van der Waals surface area contributed by atoms with E-state index in [0.717, 1.165) is 0 Å². The molecule has 136 valence electrons. The maximum atomic E-state index is 12.6. The predicted molar refractivity (Wildman–Crippen MR) is 94.3 cm³/mol. The number of amides is 1. The maximum absolute atomic E-state index is 12.6. The highest BCUT2D eigenvalue weighted by Crippen LogP contribution is 2.27. The minimum absolute atomic E-state index is 0.00382. The number of pyridine rings is 1. The van der Waals surface area contributed by atoms with Gasteiger partial charge >= 0.3 is 0 Å². The molecule has 2 heterocycles. The number of ether oxygens (including phenoxy) is 1. The standard InChI is InChI=1S/C16H17N5O4S/c1-11(22)18-13-9-12(6-7-14(13)25-2)26(23,24)17-10-16-20-19-15-5-3-4-8-21(15)16/h3-9,17H,10H2,1-2H3,(H,18,22). The second-order valence-electron chi connectivity index (χ2n) is 5.41. The first-order valence-electron chi connectivity index (χ1n) is 7.64. The van der Waals surface area contributed by atoms with E-state index in [9.17, 15) is 13.2 Å². The van der Waals surface area contributed by atoms with Gasteiger partial charge in [-0.3, -0.25) is 9.20 Å². The first-order chi connectivity index (χ1) is 12.4. The number of rotatable bonds is 6. The first-order valence-corrected chi connectivity index (χ1v) is 9.13. The van der Waals surface area contributed by atoms with Crippen molar-refractivity contribution in [1.82, 2.24) is 19.3 Å². The van der Waals surface area contributed by atoms with Gasteiger partial charge < -0.3 is 10.1 Å². The van der Waals surface area contributed by atoms with Gasteiger partial charge in [-0.1, -0.05) is 6.07 Å². The van der Waals surface area contributed by atoms with E-state index in [4.69, 9.17) is 4.74 Å². The highest BCUT2D eigenvalue weighted by molar-refractivity contribution is 7.89. The summed E-state index contributed by atoms with van der Waals surface area (Å²) in [5.74, 6) is 0.489. The Hall–Kier alpha value is -2.98. The first kappa shape index (κ1) is 17.8. The summed E-state index contributed by atoms with van der Waals surface area (Å²) in [4.78, 5) is 11.3. The van der Waals surface area contributed by atoms with Gasteiger partial charge in [0.15, 0.2) is 11.5 Å². The average Bonchev–Trinajstić information content (AvgIpc) is 3.03. The van der Waals surface area contributed by atoms with Crippen LogP contribution in [0.2, 0.25) is 0 Å². The molecule has 3 rings (SSSR count). The molecule has 1 amide bonds. The Morgan fingerprint density at radius 2 is 2.04 bits per heavy atom. The third-order valence-corrected chi connectivity index (χ3v) is 5.00. The predicted octanol–water partition coefficient (Wildman–Crippen LogP) is 1.17. The van der Waals surface area contributed by atoms with Crippen LogP contribution in [0.25, 0.3) is 5.65 Å². The molecule has 0 aliphatic rings. The van der Waals surface area contributed by atoms with Gasteiger partial charge in [0.25, 0.3) is 0 Å². The molecule has 0 unspecified atom stereocenters. The fourth-order valence-electron chi connectivity index (χ4n) is 2.40. The molecule has 0 aliphatic heterocycles. The van der Waals surface area contributed by atoms with Crippen LogP contribution in [0.15, 0.2) is 47.5 Å².